The summed E-state index contributed by atoms with van der Waals surface area (Å²) in [5, 5.41) is 4.89. The number of furan rings is 1. The van der Waals surface area contributed by atoms with E-state index in [2.05, 4.69) is 15.3 Å². The summed E-state index contributed by atoms with van der Waals surface area (Å²) >= 11 is 6.23. The molecular weight excluding hydrogens is 338 g/mol. The van der Waals surface area contributed by atoms with Gasteiger partial charge in [0.1, 0.15) is 16.9 Å². The Morgan fingerprint density at radius 3 is 2.80 bits per heavy atom. The Hall–Kier alpha value is -2.63. The second kappa shape index (κ2) is 6.35. The Morgan fingerprint density at radius 2 is 1.96 bits per heavy atom. The summed E-state index contributed by atoms with van der Waals surface area (Å²) in [6.45, 7) is 2.43. The van der Waals surface area contributed by atoms with Crippen LogP contribution < -0.4 is 10.9 Å². The van der Waals surface area contributed by atoms with Gasteiger partial charge in [-0.15, -0.1) is 0 Å². The number of halogens is 1. The molecule has 0 bridgehead atoms. The SMILES string of the molecule is C[C@@H](NCc1nc2c(oc3ccccc32)c(=O)[nH]1)c1ccccc1Cl. The number of fused-ring (bicyclic) bond motifs is 3. The highest BCUT2D eigenvalue weighted by atomic mass is 35.5. The first-order valence-corrected chi connectivity index (χ1v) is 8.39. The van der Waals surface area contributed by atoms with Crippen molar-refractivity contribution in [3.8, 4) is 0 Å². The van der Waals surface area contributed by atoms with Gasteiger partial charge in [-0.3, -0.25) is 4.79 Å². The Bertz CT molecular complexity index is 1120. The lowest BCUT2D eigenvalue weighted by Gasteiger charge is -2.15. The molecule has 0 saturated carbocycles. The Labute approximate surface area is 148 Å². The van der Waals surface area contributed by atoms with Gasteiger partial charge in [0.25, 0.3) is 5.56 Å². The third-order valence-corrected chi connectivity index (χ3v) is 4.57. The van der Waals surface area contributed by atoms with E-state index >= 15 is 0 Å². The fourth-order valence-corrected chi connectivity index (χ4v) is 3.22. The zero-order valence-corrected chi connectivity index (χ0v) is 14.3. The van der Waals surface area contributed by atoms with E-state index in [9.17, 15) is 4.79 Å². The van der Waals surface area contributed by atoms with Crippen molar-refractivity contribution >= 4 is 33.7 Å². The van der Waals surface area contributed by atoms with E-state index in [-0.39, 0.29) is 17.2 Å². The highest BCUT2D eigenvalue weighted by Crippen LogP contribution is 2.25. The Kier molecular flexibility index (Phi) is 4.03. The molecular formula is C19H16ClN3O2. The monoisotopic (exact) mass is 353 g/mol. The van der Waals surface area contributed by atoms with Gasteiger partial charge in [0.2, 0.25) is 5.58 Å². The van der Waals surface area contributed by atoms with Crippen LogP contribution in [0.1, 0.15) is 24.4 Å². The predicted molar refractivity (Wildman–Crippen MR) is 98.8 cm³/mol. The molecule has 0 spiro atoms. The number of H-pyrrole nitrogens is 1. The molecule has 25 heavy (non-hydrogen) atoms. The maximum absolute atomic E-state index is 12.3. The van der Waals surface area contributed by atoms with Gasteiger partial charge >= 0.3 is 0 Å². The van der Waals surface area contributed by atoms with E-state index in [0.29, 0.717) is 28.5 Å². The van der Waals surface area contributed by atoms with Gasteiger partial charge < -0.3 is 14.7 Å². The van der Waals surface area contributed by atoms with Crippen LogP contribution in [-0.4, -0.2) is 9.97 Å². The highest BCUT2D eigenvalue weighted by molar-refractivity contribution is 6.31. The van der Waals surface area contributed by atoms with E-state index < -0.39 is 0 Å². The number of aromatic amines is 1. The molecule has 0 fully saturated rings. The van der Waals surface area contributed by atoms with Crippen molar-refractivity contribution in [3.05, 3.63) is 75.3 Å². The van der Waals surface area contributed by atoms with Crippen molar-refractivity contribution in [1.29, 1.82) is 0 Å². The maximum atomic E-state index is 12.3. The number of nitrogens with one attached hydrogen (secondary N) is 2. The lowest BCUT2D eigenvalue weighted by atomic mass is 10.1. The van der Waals surface area contributed by atoms with Crippen LogP contribution in [0.25, 0.3) is 22.1 Å². The average Bonchev–Trinajstić information content (AvgIpc) is 3.00. The van der Waals surface area contributed by atoms with Crippen LogP contribution >= 0.6 is 11.6 Å². The first-order chi connectivity index (χ1) is 12.1. The fraction of sp³-hybridized carbons (Fsp3) is 0.158. The molecule has 2 N–H and O–H groups in total. The first kappa shape index (κ1) is 15.9. The largest absolute Gasteiger partial charge is 0.449 e. The molecule has 4 rings (SSSR count). The summed E-state index contributed by atoms with van der Waals surface area (Å²) in [5.74, 6) is 0.558. The van der Waals surface area contributed by atoms with Gasteiger partial charge in [-0.1, -0.05) is 41.9 Å². The molecule has 2 heterocycles. The molecule has 1 atom stereocenters. The third-order valence-electron chi connectivity index (χ3n) is 4.23. The number of aromatic nitrogens is 2. The lowest BCUT2D eigenvalue weighted by molar-refractivity contribution is 0.558. The molecule has 2 aromatic carbocycles. The van der Waals surface area contributed by atoms with Gasteiger partial charge in [0, 0.05) is 16.5 Å². The zero-order valence-electron chi connectivity index (χ0n) is 13.5. The Balaban J connectivity index is 1.65. The predicted octanol–water partition coefficient (Wildman–Crippen LogP) is 4.17. The molecule has 0 radical (unpaired) electrons. The van der Waals surface area contributed by atoms with Crippen LogP contribution in [0.2, 0.25) is 5.02 Å². The van der Waals surface area contributed by atoms with Crippen molar-refractivity contribution in [2.75, 3.05) is 0 Å². The molecule has 0 aliphatic rings. The summed E-state index contributed by atoms with van der Waals surface area (Å²) < 4.78 is 5.60. The maximum Gasteiger partial charge on any atom is 0.294 e. The summed E-state index contributed by atoms with van der Waals surface area (Å²) in [6, 6.07) is 15.2. The highest BCUT2D eigenvalue weighted by Gasteiger charge is 2.14. The Morgan fingerprint density at radius 1 is 1.20 bits per heavy atom. The first-order valence-electron chi connectivity index (χ1n) is 8.02. The number of nitrogens with zero attached hydrogens (tertiary/aromatic N) is 1. The number of rotatable bonds is 4. The van der Waals surface area contributed by atoms with Crippen molar-refractivity contribution < 1.29 is 4.42 Å². The van der Waals surface area contributed by atoms with Crippen molar-refractivity contribution in [3.63, 3.8) is 0 Å². The van der Waals surface area contributed by atoms with Crippen LogP contribution in [0.3, 0.4) is 0 Å². The van der Waals surface area contributed by atoms with E-state index in [4.69, 9.17) is 16.0 Å². The van der Waals surface area contributed by atoms with Gasteiger partial charge in [-0.05, 0) is 30.7 Å². The minimum atomic E-state index is -0.275. The summed E-state index contributed by atoms with van der Waals surface area (Å²) in [4.78, 5) is 19.6. The summed E-state index contributed by atoms with van der Waals surface area (Å²) in [6.07, 6.45) is 0. The van der Waals surface area contributed by atoms with Crippen LogP contribution in [0, 0.1) is 0 Å². The molecule has 126 valence electrons. The third kappa shape index (κ3) is 2.92. The zero-order chi connectivity index (χ0) is 17.4. The van der Waals surface area contributed by atoms with Gasteiger partial charge in [-0.2, -0.15) is 0 Å². The number of benzene rings is 2. The van der Waals surface area contributed by atoms with Crippen LogP contribution in [-0.2, 0) is 6.54 Å². The number of hydrogen-bond donors (Lipinski definition) is 2. The topological polar surface area (TPSA) is 70.9 Å². The van der Waals surface area contributed by atoms with E-state index in [0.717, 1.165) is 10.9 Å². The molecule has 0 aliphatic carbocycles. The average molecular weight is 354 g/mol. The minimum absolute atomic E-state index is 0.0239. The van der Waals surface area contributed by atoms with Gasteiger partial charge in [0.05, 0.1) is 6.54 Å². The second-order valence-corrected chi connectivity index (χ2v) is 6.32. The summed E-state index contributed by atoms with van der Waals surface area (Å²) in [5.41, 5.74) is 2.22. The molecule has 0 aliphatic heterocycles. The molecule has 0 amide bonds. The van der Waals surface area contributed by atoms with Crippen molar-refractivity contribution in [2.24, 2.45) is 0 Å². The standard InChI is InChI=1S/C19H16ClN3O2/c1-11(12-6-2-4-8-14(12)20)21-10-16-22-17-13-7-3-5-9-15(13)25-18(17)19(24)23-16/h2-9,11,21H,10H2,1H3,(H,22,23,24)/t11-/m1/s1. The molecule has 2 aromatic heterocycles. The van der Waals surface area contributed by atoms with E-state index in [1.165, 1.54) is 0 Å². The van der Waals surface area contributed by atoms with Crippen LogP contribution in [0.4, 0.5) is 0 Å². The molecule has 0 unspecified atom stereocenters. The molecule has 6 heteroatoms. The molecule has 4 aromatic rings. The van der Waals surface area contributed by atoms with Crippen LogP contribution in [0.15, 0.2) is 57.7 Å². The van der Waals surface area contributed by atoms with E-state index in [1.807, 2.05) is 55.5 Å². The van der Waals surface area contributed by atoms with Crippen molar-refractivity contribution in [1.82, 2.24) is 15.3 Å². The normalized spacial score (nSPS) is 12.7. The quantitative estimate of drug-likeness (QED) is 0.577. The van der Waals surface area contributed by atoms with E-state index in [1.54, 1.807) is 0 Å². The minimum Gasteiger partial charge on any atom is -0.449 e. The second-order valence-electron chi connectivity index (χ2n) is 5.91. The lowest BCUT2D eigenvalue weighted by Crippen LogP contribution is -2.22. The molecule has 0 saturated heterocycles. The number of hydrogen-bond acceptors (Lipinski definition) is 4. The van der Waals surface area contributed by atoms with Gasteiger partial charge in [0.15, 0.2) is 0 Å². The fourth-order valence-electron chi connectivity index (χ4n) is 2.92. The molecule has 5 nitrogen and oxygen atoms in total. The smallest absolute Gasteiger partial charge is 0.294 e. The number of para-hydroxylation sites is 1. The van der Waals surface area contributed by atoms with Gasteiger partial charge in [-0.25, -0.2) is 4.98 Å². The van der Waals surface area contributed by atoms with Crippen LogP contribution in [0.5, 0.6) is 0 Å². The summed E-state index contributed by atoms with van der Waals surface area (Å²) in [7, 11) is 0. The van der Waals surface area contributed by atoms with Crippen molar-refractivity contribution in [2.45, 2.75) is 19.5 Å².